The van der Waals surface area contributed by atoms with E-state index < -0.39 is 0 Å². The van der Waals surface area contributed by atoms with Crippen molar-refractivity contribution in [1.82, 2.24) is 0 Å². The lowest BCUT2D eigenvalue weighted by Crippen LogP contribution is -2.05. The number of rotatable bonds is 1. The van der Waals surface area contributed by atoms with Gasteiger partial charge in [-0.05, 0) is 0 Å². The fourth-order valence-electron chi connectivity index (χ4n) is 0.552. The van der Waals surface area contributed by atoms with Crippen LogP contribution in [0.5, 0.6) is 0 Å². The summed E-state index contributed by atoms with van der Waals surface area (Å²) >= 11 is 0. The molecule has 0 unspecified atom stereocenters. The molecule has 3 nitrogen and oxygen atoms in total. The van der Waals surface area contributed by atoms with Crippen LogP contribution in [0.15, 0.2) is 5.16 Å². The van der Waals surface area contributed by atoms with E-state index in [1.165, 1.54) is 6.92 Å². The van der Waals surface area contributed by atoms with Gasteiger partial charge in [0.25, 0.3) is 0 Å². The van der Waals surface area contributed by atoms with Crippen LogP contribution in [-0.2, 0) is 9.63 Å². The third-order valence-electron chi connectivity index (χ3n) is 1.01. The SMILES string of the molecule is CC(=O)C1=NOCC1. The number of hydrogen-bond donors (Lipinski definition) is 0. The Labute approximate surface area is 47.3 Å². The highest BCUT2D eigenvalue weighted by atomic mass is 16.6. The number of nitrogens with zero attached hydrogens (tertiary/aromatic N) is 1. The van der Waals surface area contributed by atoms with Gasteiger partial charge in [-0.3, -0.25) is 4.79 Å². The van der Waals surface area contributed by atoms with E-state index >= 15 is 0 Å². The summed E-state index contributed by atoms with van der Waals surface area (Å²) < 4.78 is 0. The zero-order valence-electron chi connectivity index (χ0n) is 4.68. The Kier molecular flexibility index (Phi) is 1.28. The Morgan fingerprint density at radius 2 is 2.62 bits per heavy atom. The van der Waals surface area contributed by atoms with Crippen LogP contribution in [0.2, 0.25) is 0 Å². The number of carbonyl (C=O) groups is 1. The molecule has 0 saturated heterocycles. The lowest BCUT2D eigenvalue weighted by atomic mass is 10.2. The summed E-state index contributed by atoms with van der Waals surface area (Å²) in [6, 6.07) is 0. The molecule has 0 fully saturated rings. The molecule has 0 radical (unpaired) electrons. The molecule has 8 heavy (non-hydrogen) atoms. The van der Waals surface area contributed by atoms with Crippen molar-refractivity contribution < 1.29 is 9.63 Å². The van der Waals surface area contributed by atoms with Gasteiger partial charge in [-0.2, -0.15) is 0 Å². The van der Waals surface area contributed by atoms with E-state index in [9.17, 15) is 4.79 Å². The highest BCUT2D eigenvalue weighted by molar-refractivity contribution is 6.39. The Morgan fingerprint density at radius 1 is 1.88 bits per heavy atom. The van der Waals surface area contributed by atoms with Crippen LogP contribution in [0.25, 0.3) is 0 Å². The maximum absolute atomic E-state index is 10.4. The first kappa shape index (κ1) is 5.28. The van der Waals surface area contributed by atoms with Crippen LogP contribution in [0, 0.1) is 0 Å². The number of ketones is 1. The zero-order valence-corrected chi connectivity index (χ0v) is 4.68. The molecule has 0 aliphatic carbocycles. The minimum Gasteiger partial charge on any atom is -0.395 e. The minimum absolute atomic E-state index is 0.0162. The fourth-order valence-corrected chi connectivity index (χ4v) is 0.552. The van der Waals surface area contributed by atoms with Gasteiger partial charge in [0.05, 0.1) is 0 Å². The van der Waals surface area contributed by atoms with E-state index in [2.05, 4.69) is 9.99 Å². The first-order valence-corrected chi connectivity index (χ1v) is 2.50. The summed E-state index contributed by atoms with van der Waals surface area (Å²) in [5, 5.41) is 3.50. The van der Waals surface area contributed by atoms with Gasteiger partial charge in [-0.25, -0.2) is 0 Å². The average Bonchev–Trinajstić information content (AvgIpc) is 2.12. The van der Waals surface area contributed by atoms with E-state index in [1.807, 2.05) is 0 Å². The Hall–Kier alpha value is -0.860. The summed E-state index contributed by atoms with van der Waals surface area (Å²) in [7, 11) is 0. The van der Waals surface area contributed by atoms with Crippen molar-refractivity contribution in [2.24, 2.45) is 5.16 Å². The summed E-state index contributed by atoms with van der Waals surface area (Å²) in [5.41, 5.74) is 0.560. The highest BCUT2D eigenvalue weighted by Gasteiger charge is 2.11. The standard InChI is InChI=1S/C5H7NO2/c1-4(7)5-2-3-8-6-5/h2-3H2,1H3. The van der Waals surface area contributed by atoms with Gasteiger partial charge in [-0.1, -0.05) is 5.16 Å². The van der Waals surface area contributed by atoms with E-state index in [4.69, 9.17) is 0 Å². The Morgan fingerprint density at radius 3 is 2.88 bits per heavy atom. The minimum atomic E-state index is 0.0162. The molecule has 0 aromatic rings. The summed E-state index contributed by atoms with van der Waals surface area (Å²) in [6.07, 6.45) is 0.676. The second-order valence-electron chi connectivity index (χ2n) is 1.68. The molecule has 0 amide bonds. The van der Waals surface area contributed by atoms with E-state index in [0.717, 1.165) is 0 Å². The molecule has 44 valence electrons. The normalized spacial score (nSPS) is 17.4. The molecule has 0 aromatic heterocycles. The van der Waals surface area contributed by atoms with Crippen LogP contribution < -0.4 is 0 Å². The topological polar surface area (TPSA) is 38.7 Å². The lowest BCUT2D eigenvalue weighted by molar-refractivity contribution is -0.111. The van der Waals surface area contributed by atoms with E-state index in [1.54, 1.807) is 0 Å². The smallest absolute Gasteiger partial charge is 0.177 e. The predicted molar refractivity (Wildman–Crippen MR) is 28.7 cm³/mol. The molecule has 0 bridgehead atoms. The van der Waals surface area contributed by atoms with Gasteiger partial charge in [0, 0.05) is 13.3 Å². The molecule has 3 heteroatoms. The van der Waals surface area contributed by atoms with E-state index in [-0.39, 0.29) is 5.78 Å². The molecular weight excluding hydrogens is 106 g/mol. The first-order valence-electron chi connectivity index (χ1n) is 2.50. The zero-order chi connectivity index (χ0) is 5.98. The van der Waals surface area contributed by atoms with Crippen LogP contribution in [-0.4, -0.2) is 18.1 Å². The molecule has 1 aliphatic rings. The monoisotopic (exact) mass is 113 g/mol. The quantitative estimate of drug-likeness (QED) is 0.492. The maximum Gasteiger partial charge on any atom is 0.177 e. The van der Waals surface area contributed by atoms with Crippen LogP contribution in [0.3, 0.4) is 0 Å². The van der Waals surface area contributed by atoms with Crippen molar-refractivity contribution in [1.29, 1.82) is 0 Å². The first-order chi connectivity index (χ1) is 3.80. The molecule has 0 saturated carbocycles. The van der Waals surface area contributed by atoms with Crippen molar-refractivity contribution in [3.05, 3.63) is 0 Å². The largest absolute Gasteiger partial charge is 0.395 e. The Bertz CT molecular complexity index is 139. The predicted octanol–water partition coefficient (Wildman–Crippen LogP) is 0.352. The second kappa shape index (κ2) is 1.94. The number of oxime groups is 1. The van der Waals surface area contributed by atoms with Crippen LogP contribution in [0.1, 0.15) is 13.3 Å². The van der Waals surface area contributed by atoms with Crippen LogP contribution in [0.4, 0.5) is 0 Å². The average molecular weight is 113 g/mol. The van der Waals surface area contributed by atoms with Crippen molar-refractivity contribution in [2.45, 2.75) is 13.3 Å². The van der Waals surface area contributed by atoms with Crippen molar-refractivity contribution in [3.63, 3.8) is 0 Å². The van der Waals surface area contributed by atoms with Gasteiger partial charge in [0.15, 0.2) is 5.78 Å². The highest BCUT2D eigenvalue weighted by Crippen LogP contribution is 1.99. The third-order valence-corrected chi connectivity index (χ3v) is 1.01. The van der Waals surface area contributed by atoms with Gasteiger partial charge in [0.1, 0.15) is 12.3 Å². The summed E-state index contributed by atoms with van der Waals surface area (Å²) in [6.45, 7) is 2.06. The third kappa shape index (κ3) is 0.857. The fraction of sp³-hybridized carbons (Fsp3) is 0.600. The molecule has 0 spiro atoms. The van der Waals surface area contributed by atoms with Crippen molar-refractivity contribution in [3.8, 4) is 0 Å². The van der Waals surface area contributed by atoms with Gasteiger partial charge >= 0.3 is 0 Å². The Balaban J connectivity index is 2.57. The molecular formula is C5H7NO2. The molecule has 1 rings (SSSR count). The number of hydrogen-bond acceptors (Lipinski definition) is 3. The molecule has 0 aromatic carbocycles. The maximum atomic E-state index is 10.4. The van der Waals surface area contributed by atoms with E-state index in [0.29, 0.717) is 18.7 Å². The summed E-state index contributed by atoms with van der Waals surface area (Å²) in [5.74, 6) is 0.0162. The molecule has 1 aliphatic heterocycles. The van der Waals surface area contributed by atoms with Gasteiger partial charge in [-0.15, -0.1) is 0 Å². The number of carbonyl (C=O) groups excluding carboxylic acids is 1. The summed E-state index contributed by atoms with van der Waals surface area (Å²) in [4.78, 5) is 15.0. The van der Waals surface area contributed by atoms with Crippen LogP contribution >= 0.6 is 0 Å². The molecule has 0 N–H and O–H groups in total. The molecule has 0 atom stereocenters. The van der Waals surface area contributed by atoms with Gasteiger partial charge in [0.2, 0.25) is 0 Å². The number of Topliss-reactive ketones (excluding diaryl/α,β-unsaturated/α-hetero) is 1. The van der Waals surface area contributed by atoms with Crippen molar-refractivity contribution in [2.75, 3.05) is 6.61 Å². The van der Waals surface area contributed by atoms with Crippen molar-refractivity contribution >= 4 is 11.5 Å². The second-order valence-corrected chi connectivity index (χ2v) is 1.68. The van der Waals surface area contributed by atoms with Gasteiger partial charge < -0.3 is 4.84 Å². The lowest BCUT2D eigenvalue weighted by Gasteiger charge is -1.81. The molecule has 1 heterocycles.